The number of anilines is 1. The fraction of sp³-hybridized carbons (Fsp3) is 0.417. The Balaban J connectivity index is 1.25. The van der Waals surface area contributed by atoms with Crippen molar-refractivity contribution in [3.63, 3.8) is 0 Å². The lowest BCUT2D eigenvalue weighted by atomic mass is 10.1. The summed E-state index contributed by atoms with van der Waals surface area (Å²) in [6.45, 7) is 6.68. The van der Waals surface area contributed by atoms with Crippen molar-refractivity contribution in [2.24, 2.45) is 0 Å². The Morgan fingerprint density at radius 1 is 1.14 bits per heavy atom. The zero-order valence-corrected chi connectivity index (χ0v) is 20.4. The first kappa shape index (κ1) is 24.8. The summed E-state index contributed by atoms with van der Waals surface area (Å²) in [4.78, 5) is 42.7. The highest BCUT2D eigenvalue weighted by atomic mass is 32.1. The van der Waals surface area contributed by atoms with Crippen LogP contribution in [-0.4, -0.2) is 92.1 Å². The van der Waals surface area contributed by atoms with E-state index >= 15 is 0 Å². The van der Waals surface area contributed by atoms with Crippen molar-refractivity contribution in [1.29, 1.82) is 5.41 Å². The first-order chi connectivity index (χ1) is 16.9. The van der Waals surface area contributed by atoms with Gasteiger partial charge < -0.3 is 14.8 Å². The first-order valence-corrected chi connectivity index (χ1v) is 12.4. The molecule has 1 atom stereocenters. The molecule has 11 heteroatoms. The molecule has 1 aromatic heterocycles. The second-order valence-corrected chi connectivity index (χ2v) is 9.30. The number of carbonyl (C=O) groups is 3. The molecule has 0 saturated carbocycles. The van der Waals surface area contributed by atoms with Crippen molar-refractivity contribution in [1.82, 2.24) is 15.1 Å². The van der Waals surface area contributed by atoms with Gasteiger partial charge in [0.15, 0.2) is 0 Å². The second-order valence-electron chi connectivity index (χ2n) is 8.35. The van der Waals surface area contributed by atoms with Crippen LogP contribution in [0.3, 0.4) is 0 Å². The SMILES string of the molecule is CCOC(=O)CN1CCN(CC2CN(c3ccc(C(=N)NC(=O)c4cccs4)cc3)C(=O)O2)CC1. The van der Waals surface area contributed by atoms with Gasteiger partial charge >= 0.3 is 12.1 Å². The lowest BCUT2D eigenvalue weighted by Gasteiger charge is -2.34. The largest absolute Gasteiger partial charge is 0.465 e. The Kier molecular flexibility index (Phi) is 8.11. The quantitative estimate of drug-likeness (QED) is 0.324. The number of amidine groups is 1. The van der Waals surface area contributed by atoms with Crippen LogP contribution in [0.5, 0.6) is 0 Å². The summed E-state index contributed by atoms with van der Waals surface area (Å²) >= 11 is 1.31. The summed E-state index contributed by atoms with van der Waals surface area (Å²) in [5.74, 6) is -0.520. The minimum Gasteiger partial charge on any atom is -0.465 e. The molecule has 2 amide bonds. The molecule has 4 rings (SSSR count). The van der Waals surface area contributed by atoms with Gasteiger partial charge in [-0.05, 0) is 42.6 Å². The molecule has 35 heavy (non-hydrogen) atoms. The van der Waals surface area contributed by atoms with Gasteiger partial charge in [0.05, 0.1) is 24.6 Å². The summed E-state index contributed by atoms with van der Waals surface area (Å²) in [6.07, 6.45) is -0.646. The Hall–Kier alpha value is -3.28. The minimum absolute atomic E-state index is 0.000996. The third-order valence-electron chi connectivity index (χ3n) is 5.91. The van der Waals surface area contributed by atoms with E-state index in [4.69, 9.17) is 14.9 Å². The van der Waals surface area contributed by atoms with Crippen LogP contribution in [0.15, 0.2) is 41.8 Å². The number of piperazine rings is 1. The monoisotopic (exact) mass is 499 g/mol. The highest BCUT2D eigenvalue weighted by Crippen LogP contribution is 2.23. The predicted molar refractivity (Wildman–Crippen MR) is 132 cm³/mol. The third kappa shape index (κ3) is 6.44. The Morgan fingerprint density at radius 3 is 2.51 bits per heavy atom. The Morgan fingerprint density at radius 2 is 1.86 bits per heavy atom. The summed E-state index contributed by atoms with van der Waals surface area (Å²) in [5, 5.41) is 12.6. The van der Waals surface area contributed by atoms with Crippen LogP contribution < -0.4 is 10.2 Å². The summed E-state index contributed by atoms with van der Waals surface area (Å²) in [6, 6.07) is 10.4. The molecule has 0 bridgehead atoms. The summed E-state index contributed by atoms with van der Waals surface area (Å²) in [7, 11) is 0. The molecule has 3 heterocycles. The zero-order chi connectivity index (χ0) is 24.8. The number of hydrogen-bond donors (Lipinski definition) is 2. The molecule has 2 aliphatic heterocycles. The fourth-order valence-electron chi connectivity index (χ4n) is 4.10. The lowest BCUT2D eigenvalue weighted by Crippen LogP contribution is -2.50. The van der Waals surface area contributed by atoms with Gasteiger partial charge in [0, 0.05) is 44.0 Å². The van der Waals surface area contributed by atoms with E-state index in [0.29, 0.717) is 42.4 Å². The van der Waals surface area contributed by atoms with E-state index in [1.807, 2.05) is 5.38 Å². The maximum Gasteiger partial charge on any atom is 0.414 e. The average Bonchev–Trinajstić information content (AvgIpc) is 3.51. The molecule has 0 spiro atoms. The fourth-order valence-corrected chi connectivity index (χ4v) is 4.72. The molecule has 2 N–H and O–H groups in total. The highest BCUT2D eigenvalue weighted by Gasteiger charge is 2.34. The number of nitrogens with zero attached hydrogens (tertiary/aromatic N) is 3. The van der Waals surface area contributed by atoms with Crippen LogP contribution in [0.25, 0.3) is 0 Å². The maximum absolute atomic E-state index is 12.5. The number of cyclic esters (lactones) is 1. The number of thiophene rings is 1. The van der Waals surface area contributed by atoms with Crippen molar-refractivity contribution in [2.75, 3.05) is 57.3 Å². The Bertz CT molecular complexity index is 1050. The first-order valence-electron chi connectivity index (χ1n) is 11.5. The zero-order valence-electron chi connectivity index (χ0n) is 19.6. The number of rotatable bonds is 8. The van der Waals surface area contributed by atoms with Gasteiger partial charge in [-0.2, -0.15) is 0 Å². The molecule has 186 valence electrons. The van der Waals surface area contributed by atoms with E-state index < -0.39 is 6.09 Å². The van der Waals surface area contributed by atoms with Gasteiger partial charge in [-0.1, -0.05) is 6.07 Å². The van der Waals surface area contributed by atoms with E-state index in [1.165, 1.54) is 11.3 Å². The van der Waals surface area contributed by atoms with Gasteiger partial charge in [-0.15, -0.1) is 11.3 Å². The van der Waals surface area contributed by atoms with Crippen LogP contribution >= 0.6 is 11.3 Å². The van der Waals surface area contributed by atoms with Gasteiger partial charge in [-0.3, -0.25) is 29.7 Å². The van der Waals surface area contributed by atoms with Crippen LogP contribution in [-0.2, 0) is 14.3 Å². The smallest absolute Gasteiger partial charge is 0.414 e. The van der Waals surface area contributed by atoms with E-state index in [2.05, 4.69) is 15.1 Å². The van der Waals surface area contributed by atoms with Crippen molar-refractivity contribution in [3.05, 3.63) is 52.2 Å². The number of benzene rings is 1. The standard InChI is InChI=1S/C24H29N5O5S/c1-2-33-21(30)16-28-11-9-27(10-12-28)14-19-15-29(24(32)34-19)18-7-5-17(6-8-18)22(25)26-23(31)20-4-3-13-35-20/h3-8,13,19H,2,9-12,14-16H2,1H3,(H2,25,26,31). The van der Waals surface area contributed by atoms with Crippen molar-refractivity contribution in [3.8, 4) is 0 Å². The molecule has 2 saturated heterocycles. The topological polar surface area (TPSA) is 115 Å². The molecular weight excluding hydrogens is 470 g/mol. The third-order valence-corrected chi connectivity index (χ3v) is 6.78. The van der Waals surface area contributed by atoms with Crippen LogP contribution in [0.2, 0.25) is 0 Å². The molecule has 0 aliphatic carbocycles. The maximum atomic E-state index is 12.5. The molecule has 2 aromatic rings. The average molecular weight is 500 g/mol. The van der Waals surface area contributed by atoms with Crippen LogP contribution in [0.4, 0.5) is 10.5 Å². The van der Waals surface area contributed by atoms with Crippen LogP contribution in [0, 0.1) is 5.41 Å². The van der Waals surface area contributed by atoms with E-state index in [0.717, 1.165) is 26.2 Å². The summed E-state index contributed by atoms with van der Waals surface area (Å²) in [5.41, 5.74) is 1.22. The van der Waals surface area contributed by atoms with E-state index in [1.54, 1.807) is 48.2 Å². The predicted octanol–water partition coefficient (Wildman–Crippen LogP) is 2.01. The molecule has 1 aromatic carbocycles. The minimum atomic E-state index is -0.398. The lowest BCUT2D eigenvalue weighted by molar-refractivity contribution is -0.144. The number of amides is 2. The van der Waals surface area contributed by atoms with Crippen LogP contribution in [0.1, 0.15) is 22.2 Å². The van der Waals surface area contributed by atoms with E-state index in [9.17, 15) is 14.4 Å². The molecule has 2 aliphatic rings. The van der Waals surface area contributed by atoms with Crippen molar-refractivity contribution < 1.29 is 23.9 Å². The van der Waals surface area contributed by atoms with Crippen molar-refractivity contribution in [2.45, 2.75) is 13.0 Å². The normalized spacial score (nSPS) is 18.8. The van der Waals surface area contributed by atoms with Gasteiger partial charge in [0.25, 0.3) is 5.91 Å². The summed E-state index contributed by atoms with van der Waals surface area (Å²) < 4.78 is 10.6. The molecule has 10 nitrogen and oxygen atoms in total. The van der Waals surface area contributed by atoms with E-state index in [-0.39, 0.29) is 23.8 Å². The van der Waals surface area contributed by atoms with Gasteiger partial charge in [0.1, 0.15) is 11.9 Å². The highest BCUT2D eigenvalue weighted by molar-refractivity contribution is 7.12. The molecular formula is C24H29N5O5S. The molecule has 2 fully saturated rings. The number of esters is 1. The number of carbonyl (C=O) groups excluding carboxylic acids is 3. The molecule has 1 unspecified atom stereocenters. The second kappa shape index (κ2) is 11.4. The van der Waals surface area contributed by atoms with Gasteiger partial charge in [-0.25, -0.2) is 4.79 Å². The number of nitrogens with one attached hydrogen (secondary N) is 2. The molecule has 0 radical (unpaired) electrons. The van der Waals surface area contributed by atoms with Crippen molar-refractivity contribution >= 4 is 40.8 Å². The van der Waals surface area contributed by atoms with Gasteiger partial charge in [0.2, 0.25) is 0 Å². The number of hydrogen-bond acceptors (Lipinski definition) is 9. The Labute approximate surface area is 207 Å². The number of ether oxygens (including phenoxy) is 2.